The minimum Gasteiger partial charge on any atom is -0.462 e. The van der Waals surface area contributed by atoms with Gasteiger partial charge in [0.25, 0.3) is 0 Å². The van der Waals surface area contributed by atoms with Gasteiger partial charge in [-0.15, -0.1) is 0 Å². The van der Waals surface area contributed by atoms with E-state index in [1.807, 2.05) is 0 Å². The molecular weight excluding hydrogens is 375 g/mol. The average molecular weight is 406 g/mol. The molecule has 0 aromatic carbocycles. The molecule has 0 aliphatic heterocycles. The van der Waals surface area contributed by atoms with Gasteiger partial charge in [0.1, 0.15) is 6.10 Å². The van der Waals surface area contributed by atoms with E-state index in [9.17, 15) is 18.0 Å². The number of esters is 1. The zero-order valence-corrected chi connectivity index (χ0v) is 16.5. The minimum absolute atomic E-state index is 0.0132. The maximum Gasteiger partial charge on any atom is 0.456 e. The highest BCUT2D eigenvalue weighted by Crippen LogP contribution is 2.60. The zero-order chi connectivity index (χ0) is 19.1. The van der Waals surface area contributed by atoms with Gasteiger partial charge in [-0.2, -0.15) is 13.2 Å². The standard InChI is InChI=1S/C20H30F3NO2S/c21-20(22,23)27-24-6-5-13-1-3-17(4-2-13)26-18(25)19-10-14-7-15(11-19)9-16(8-14)12-19/h13-17,24H,1-12H2. The number of hydrogen-bond donors (Lipinski definition) is 1. The number of hydrogen-bond acceptors (Lipinski definition) is 4. The number of rotatable bonds is 6. The second kappa shape index (κ2) is 7.77. The summed E-state index contributed by atoms with van der Waals surface area (Å²) in [4.78, 5) is 13.0. The molecule has 5 fully saturated rings. The van der Waals surface area contributed by atoms with Crippen LogP contribution in [-0.4, -0.2) is 24.1 Å². The van der Waals surface area contributed by atoms with Crippen molar-refractivity contribution in [3.63, 3.8) is 0 Å². The van der Waals surface area contributed by atoms with Crippen molar-refractivity contribution in [3.8, 4) is 0 Å². The van der Waals surface area contributed by atoms with E-state index in [1.54, 1.807) is 0 Å². The molecule has 0 unspecified atom stereocenters. The van der Waals surface area contributed by atoms with Crippen LogP contribution in [0.2, 0.25) is 0 Å². The third-order valence-electron chi connectivity index (χ3n) is 7.38. The van der Waals surface area contributed by atoms with Gasteiger partial charge >= 0.3 is 11.5 Å². The molecule has 0 amide bonds. The van der Waals surface area contributed by atoms with Crippen LogP contribution in [0.25, 0.3) is 0 Å². The average Bonchev–Trinajstić information content (AvgIpc) is 2.58. The van der Waals surface area contributed by atoms with Gasteiger partial charge in [0.2, 0.25) is 0 Å². The molecule has 0 heterocycles. The molecule has 5 aliphatic carbocycles. The Bertz CT molecular complexity index is 511. The van der Waals surface area contributed by atoms with Crippen molar-refractivity contribution in [1.82, 2.24) is 4.72 Å². The summed E-state index contributed by atoms with van der Waals surface area (Å²) in [5, 5.41) is 0. The topological polar surface area (TPSA) is 38.3 Å². The van der Waals surface area contributed by atoms with Crippen LogP contribution >= 0.6 is 11.9 Å². The van der Waals surface area contributed by atoms with Crippen LogP contribution in [0.15, 0.2) is 0 Å². The van der Waals surface area contributed by atoms with Crippen molar-refractivity contribution < 1.29 is 22.7 Å². The molecule has 5 saturated carbocycles. The summed E-state index contributed by atoms with van der Waals surface area (Å²) in [5.41, 5.74) is -4.41. The molecule has 3 nitrogen and oxygen atoms in total. The first-order valence-electron chi connectivity index (χ1n) is 10.5. The Morgan fingerprint density at radius 2 is 1.56 bits per heavy atom. The Kier molecular flexibility index (Phi) is 5.72. The summed E-state index contributed by atoms with van der Waals surface area (Å²) in [6.45, 7) is 0.368. The fourth-order valence-corrected chi connectivity index (χ4v) is 6.95. The Labute approximate surface area is 163 Å². The first-order valence-corrected chi connectivity index (χ1v) is 11.3. The molecule has 154 valence electrons. The van der Waals surface area contributed by atoms with E-state index in [-0.39, 0.29) is 29.4 Å². The lowest BCUT2D eigenvalue weighted by Crippen LogP contribution is -2.51. The maximum absolute atomic E-state index is 13.0. The van der Waals surface area contributed by atoms with E-state index >= 15 is 0 Å². The fraction of sp³-hybridized carbons (Fsp3) is 0.950. The number of alkyl halides is 3. The van der Waals surface area contributed by atoms with Crippen LogP contribution in [0.5, 0.6) is 0 Å². The second-order valence-corrected chi connectivity index (χ2v) is 10.4. The van der Waals surface area contributed by atoms with Gasteiger partial charge in [-0.3, -0.25) is 9.52 Å². The molecule has 7 heteroatoms. The van der Waals surface area contributed by atoms with Gasteiger partial charge in [-0.25, -0.2) is 0 Å². The molecule has 5 aliphatic rings. The number of halogens is 3. The maximum atomic E-state index is 13.0. The van der Waals surface area contributed by atoms with Gasteiger partial charge in [0.15, 0.2) is 0 Å². The molecular formula is C20H30F3NO2S. The van der Waals surface area contributed by atoms with Gasteiger partial charge < -0.3 is 4.74 Å². The molecule has 27 heavy (non-hydrogen) atoms. The van der Waals surface area contributed by atoms with Crippen LogP contribution < -0.4 is 4.72 Å². The SMILES string of the molecule is O=C(OC1CCC(CCNSC(F)(F)F)CC1)C12CC3CC(CC(C3)C1)C2. The Hall–Kier alpha value is -0.430. The predicted octanol–water partition coefficient (Wildman–Crippen LogP) is 5.45. The first-order chi connectivity index (χ1) is 12.8. The number of nitrogens with one attached hydrogen (secondary N) is 1. The molecule has 0 aromatic heterocycles. The summed E-state index contributed by atoms with van der Waals surface area (Å²) in [7, 11) is 0. The quantitative estimate of drug-likeness (QED) is 0.362. The van der Waals surface area contributed by atoms with Crippen molar-refractivity contribution in [1.29, 1.82) is 0 Å². The Balaban J connectivity index is 1.19. The molecule has 0 radical (unpaired) electrons. The zero-order valence-electron chi connectivity index (χ0n) is 15.7. The van der Waals surface area contributed by atoms with E-state index in [0.717, 1.165) is 69.1 Å². The van der Waals surface area contributed by atoms with Crippen molar-refractivity contribution in [2.75, 3.05) is 6.54 Å². The lowest BCUT2D eigenvalue weighted by Gasteiger charge is -2.55. The van der Waals surface area contributed by atoms with E-state index in [4.69, 9.17) is 4.74 Å². The highest BCUT2D eigenvalue weighted by Gasteiger charge is 2.55. The van der Waals surface area contributed by atoms with Gasteiger partial charge in [-0.05, 0) is 94.3 Å². The summed E-state index contributed by atoms with van der Waals surface area (Å²) in [5.74, 6) is 2.71. The molecule has 0 spiro atoms. The van der Waals surface area contributed by atoms with Crippen LogP contribution in [-0.2, 0) is 9.53 Å². The third kappa shape index (κ3) is 4.77. The van der Waals surface area contributed by atoms with Crippen molar-refractivity contribution in [2.45, 2.75) is 82.2 Å². The van der Waals surface area contributed by atoms with Crippen molar-refractivity contribution in [2.24, 2.45) is 29.1 Å². The molecule has 0 saturated heterocycles. The fourth-order valence-electron chi connectivity index (χ4n) is 6.57. The van der Waals surface area contributed by atoms with Crippen molar-refractivity contribution in [3.05, 3.63) is 0 Å². The summed E-state index contributed by atoms with van der Waals surface area (Å²) < 4.78 is 44.7. The summed E-state index contributed by atoms with van der Waals surface area (Å²) in [6.07, 6.45) is 11.4. The van der Waals surface area contributed by atoms with Crippen LogP contribution in [0.4, 0.5) is 13.2 Å². The van der Waals surface area contributed by atoms with Gasteiger partial charge in [0.05, 0.1) is 5.41 Å². The van der Waals surface area contributed by atoms with E-state index < -0.39 is 5.51 Å². The van der Waals surface area contributed by atoms with Crippen LogP contribution in [0.3, 0.4) is 0 Å². The smallest absolute Gasteiger partial charge is 0.456 e. The third-order valence-corrected chi connectivity index (χ3v) is 7.96. The highest BCUT2D eigenvalue weighted by molar-refractivity contribution is 7.98. The lowest BCUT2D eigenvalue weighted by molar-refractivity contribution is -0.178. The van der Waals surface area contributed by atoms with E-state index in [0.29, 0.717) is 12.5 Å². The lowest BCUT2D eigenvalue weighted by atomic mass is 9.49. The molecule has 0 atom stereocenters. The summed E-state index contributed by atoms with van der Waals surface area (Å²) in [6, 6.07) is 0. The summed E-state index contributed by atoms with van der Waals surface area (Å²) >= 11 is -0.161. The van der Waals surface area contributed by atoms with Crippen LogP contribution in [0.1, 0.15) is 70.6 Å². The number of carbonyl (C=O) groups excluding carboxylic acids is 1. The van der Waals surface area contributed by atoms with E-state index in [1.165, 1.54) is 19.3 Å². The normalized spacial score (nSPS) is 40.9. The number of carbonyl (C=O) groups is 1. The Morgan fingerprint density at radius 1 is 1.00 bits per heavy atom. The monoisotopic (exact) mass is 405 g/mol. The van der Waals surface area contributed by atoms with Gasteiger partial charge in [-0.1, -0.05) is 0 Å². The van der Waals surface area contributed by atoms with E-state index in [2.05, 4.69) is 4.72 Å². The van der Waals surface area contributed by atoms with Gasteiger partial charge in [0, 0.05) is 18.5 Å². The highest BCUT2D eigenvalue weighted by atomic mass is 32.2. The molecule has 5 rings (SSSR count). The van der Waals surface area contributed by atoms with Crippen LogP contribution in [0, 0.1) is 29.1 Å². The second-order valence-electron chi connectivity index (χ2n) is 9.48. The first kappa shape index (κ1) is 19.9. The molecule has 4 bridgehead atoms. The predicted molar refractivity (Wildman–Crippen MR) is 98.7 cm³/mol. The molecule has 0 aromatic rings. The largest absolute Gasteiger partial charge is 0.462 e. The Morgan fingerprint density at radius 3 is 2.07 bits per heavy atom. The minimum atomic E-state index is -4.22. The molecule has 1 N–H and O–H groups in total. The number of ether oxygens (including phenoxy) is 1. The van der Waals surface area contributed by atoms with Crippen molar-refractivity contribution >= 4 is 17.9 Å².